The quantitative estimate of drug-likeness (QED) is 0.579. The minimum atomic E-state index is -4.94. The topological polar surface area (TPSA) is 99.4 Å². The molecule has 2 aliphatic carbocycles. The number of rotatable bonds is 1. The van der Waals surface area contributed by atoms with Gasteiger partial charge in [0.2, 0.25) is 5.52 Å². The Morgan fingerprint density at radius 2 is 1.70 bits per heavy atom. The molecule has 0 N–H and O–H groups in total. The van der Waals surface area contributed by atoms with Crippen molar-refractivity contribution in [2.24, 2.45) is 5.92 Å². The maximum Gasteiger partial charge on any atom is 0.266 e. The van der Waals surface area contributed by atoms with Gasteiger partial charge in [-0.25, -0.2) is 18.6 Å². The van der Waals surface area contributed by atoms with Gasteiger partial charge in [-0.05, 0) is 54.9 Å². The lowest BCUT2D eigenvalue weighted by Gasteiger charge is -2.31. The van der Waals surface area contributed by atoms with E-state index in [9.17, 15) is 0 Å². The molecule has 0 saturated heterocycles. The Balaban J connectivity index is 0.000000393. The lowest BCUT2D eigenvalue weighted by atomic mass is 9.77. The Labute approximate surface area is 182 Å². The molecule has 1 aromatic carbocycles. The minimum absolute atomic E-state index is 0.781. The first-order valence-electron chi connectivity index (χ1n) is 10.1. The fourth-order valence-corrected chi connectivity index (χ4v) is 5.94. The highest BCUT2D eigenvalue weighted by atomic mass is 35.7. The summed E-state index contributed by atoms with van der Waals surface area (Å²) < 4.78 is 37.9. The number of halogens is 1. The van der Waals surface area contributed by atoms with Crippen LogP contribution >= 0.6 is 11.3 Å². The van der Waals surface area contributed by atoms with Crippen LogP contribution in [-0.4, -0.2) is 19.0 Å². The van der Waals surface area contributed by atoms with Gasteiger partial charge in [0.15, 0.2) is 6.54 Å². The van der Waals surface area contributed by atoms with Gasteiger partial charge in [0.25, 0.3) is 5.01 Å². The molecule has 2 aromatic rings. The van der Waals surface area contributed by atoms with E-state index in [2.05, 4.69) is 60.0 Å². The highest BCUT2D eigenvalue weighted by Crippen LogP contribution is 2.42. The number of allylic oxidation sites excluding steroid dienone is 6. The summed E-state index contributed by atoms with van der Waals surface area (Å²) in [6.07, 6.45) is 11.3. The third kappa shape index (κ3) is 4.61. The number of nitrogens with zero attached hydrogens (tertiary/aromatic N) is 2. The van der Waals surface area contributed by atoms with Gasteiger partial charge >= 0.3 is 0 Å². The van der Waals surface area contributed by atoms with Gasteiger partial charge in [0, 0.05) is 37.9 Å². The van der Waals surface area contributed by atoms with Crippen LogP contribution in [0.15, 0.2) is 53.3 Å². The molecule has 0 saturated carbocycles. The molecular weight excluding hydrogens is 424 g/mol. The molecule has 30 heavy (non-hydrogen) atoms. The van der Waals surface area contributed by atoms with Gasteiger partial charge in [-0.15, -0.1) is 10.2 Å². The third-order valence-corrected chi connectivity index (χ3v) is 7.30. The molecule has 2 heterocycles. The molecule has 0 radical (unpaired) electrons. The maximum absolute atomic E-state index is 8.49. The van der Waals surface area contributed by atoms with E-state index in [-0.39, 0.29) is 0 Å². The van der Waals surface area contributed by atoms with Crippen LogP contribution in [0, 0.1) is 16.2 Å². The van der Waals surface area contributed by atoms with Gasteiger partial charge in [-0.2, -0.15) is 4.57 Å². The van der Waals surface area contributed by atoms with Crippen LogP contribution < -0.4 is 23.2 Å². The summed E-state index contributed by atoms with van der Waals surface area (Å²) in [7, 11) is -0.599. The number of fused-ring (bicyclic) bond motifs is 4. The summed E-state index contributed by atoms with van der Waals surface area (Å²) in [6, 6.07) is 8.85. The first kappa shape index (κ1) is 21.5. The maximum atomic E-state index is 8.49. The van der Waals surface area contributed by atoms with Gasteiger partial charge in [0.05, 0.1) is 0 Å². The Bertz CT molecular complexity index is 1040. The van der Waals surface area contributed by atoms with E-state index < -0.39 is 10.2 Å². The molecule has 8 heteroatoms. The number of aryl methyl sites for hydroxylation is 1. The number of benzene rings is 1. The van der Waals surface area contributed by atoms with Crippen LogP contribution in [0.3, 0.4) is 0 Å². The Hall–Kier alpha value is -1.74. The van der Waals surface area contributed by atoms with Crippen molar-refractivity contribution < 1.29 is 33.4 Å². The number of thiazole rings is 1. The largest absolute Gasteiger partial charge is 0.381 e. The fourth-order valence-electron chi connectivity index (χ4n) is 4.65. The van der Waals surface area contributed by atoms with Crippen LogP contribution in [0.25, 0.3) is 15.8 Å². The number of hydrogen-bond acceptors (Lipinski definition) is 6. The molecule has 0 amide bonds. The first-order valence-corrected chi connectivity index (χ1v) is 12.1. The Morgan fingerprint density at radius 3 is 2.43 bits per heavy atom. The standard InChI is InChI=1S/C22H25N2S.ClHO4/c1-23(2)18-10-9-15-7-8-16(13-17(15)14-18)19-11-12-24-20-5-3-4-6-21(20)25-22(19)24;2-1(3,4)5/h3-6,13-15H,7-12H2,1-2H3;(H,2,3,4,5)/q+1;/p-1. The second-order valence-electron chi connectivity index (χ2n) is 8.11. The molecule has 3 aliphatic rings. The molecule has 0 fully saturated rings. The zero-order valence-electron chi connectivity index (χ0n) is 17.1. The van der Waals surface area contributed by atoms with Gasteiger partial charge in [0.1, 0.15) is 4.70 Å². The molecule has 160 valence electrons. The van der Waals surface area contributed by atoms with Crippen molar-refractivity contribution in [2.75, 3.05) is 14.1 Å². The van der Waals surface area contributed by atoms with Crippen LogP contribution in [0.2, 0.25) is 0 Å². The highest BCUT2D eigenvalue weighted by molar-refractivity contribution is 7.19. The normalized spacial score (nSPS) is 23.2. The van der Waals surface area contributed by atoms with E-state index in [4.69, 9.17) is 18.6 Å². The van der Waals surface area contributed by atoms with E-state index in [1.807, 2.05) is 11.3 Å². The third-order valence-electron chi connectivity index (χ3n) is 6.07. The summed E-state index contributed by atoms with van der Waals surface area (Å²) in [6.45, 7) is 1.14. The van der Waals surface area contributed by atoms with Crippen LogP contribution in [0.4, 0.5) is 0 Å². The summed E-state index contributed by atoms with van der Waals surface area (Å²) in [4.78, 5) is 2.29. The summed E-state index contributed by atoms with van der Waals surface area (Å²) in [5.41, 5.74) is 7.67. The van der Waals surface area contributed by atoms with Crippen LogP contribution in [0.1, 0.15) is 37.1 Å². The molecular formula is C22H25ClN2O4S. The number of hydrogen-bond donors (Lipinski definition) is 0. The van der Waals surface area contributed by atoms with Gasteiger partial charge in [-0.1, -0.05) is 29.5 Å². The van der Waals surface area contributed by atoms with Crippen molar-refractivity contribution in [1.29, 1.82) is 0 Å². The van der Waals surface area contributed by atoms with Crippen molar-refractivity contribution in [3.63, 3.8) is 0 Å². The minimum Gasteiger partial charge on any atom is -0.381 e. The Morgan fingerprint density at radius 1 is 1.00 bits per heavy atom. The molecule has 0 bridgehead atoms. The average Bonchev–Trinajstić information content (AvgIpc) is 3.25. The Kier molecular flexibility index (Phi) is 6.03. The van der Waals surface area contributed by atoms with E-state index in [0.29, 0.717) is 0 Å². The number of aromatic nitrogens is 1. The smallest absolute Gasteiger partial charge is 0.266 e. The van der Waals surface area contributed by atoms with Crippen LogP contribution in [0.5, 0.6) is 0 Å². The van der Waals surface area contributed by atoms with Crippen molar-refractivity contribution in [2.45, 2.75) is 38.6 Å². The van der Waals surface area contributed by atoms with Crippen molar-refractivity contribution in [3.05, 3.63) is 58.3 Å². The van der Waals surface area contributed by atoms with Crippen LogP contribution in [-0.2, 0) is 6.54 Å². The predicted octanol–water partition coefficient (Wildman–Crippen LogP) is 0.166. The lowest BCUT2D eigenvalue weighted by Crippen LogP contribution is -2.68. The molecule has 5 rings (SSSR count). The van der Waals surface area contributed by atoms with Crippen molar-refractivity contribution >= 4 is 27.1 Å². The van der Waals surface area contributed by atoms with Gasteiger partial charge in [-0.3, -0.25) is 0 Å². The predicted molar refractivity (Wildman–Crippen MR) is 105 cm³/mol. The average molecular weight is 449 g/mol. The van der Waals surface area contributed by atoms with E-state index in [1.165, 1.54) is 53.0 Å². The molecule has 1 aromatic heterocycles. The van der Waals surface area contributed by atoms with E-state index in [0.717, 1.165) is 12.5 Å². The van der Waals surface area contributed by atoms with E-state index in [1.54, 1.807) is 16.7 Å². The van der Waals surface area contributed by atoms with Gasteiger partial charge < -0.3 is 4.90 Å². The second-order valence-corrected chi connectivity index (χ2v) is 9.89. The summed E-state index contributed by atoms with van der Waals surface area (Å²) >= 11 is 1.98. The summed E-state index contributed by atoms with van der Waals surface area (Å²) in [5, 5.41) is 1.50. The fraction of sp³-hybridized carbons (Fsp3) is 0.409. The zero-order valence-corrected chi connectivity index (χ0v) is 18.7. The molecule has 1 atom stereocenters. The number of para-hydroxylation sites is 1. The summed E-state index contributed by atoms with van der Waals surface area (Å²) in [5.74, 6) is 0.781. The van der Waals surface area contributed by atoms with Crippen molar-refractivity contribution in [1.82, 2.24) is 4.90 Å². The highest BCUT2D eigenvalue weighted by Gasteiger charge is 2.33. The molecule has 0 spiro atoms. The zero-order chi connectivity index (χ0) is 21.5. The second kappa shape index (κ2) is 8.42. The molecule has 1 unspecified atom stereocenters. The lowest BCUT2D eigenvalue weighted by molar-refractivity contribution is -2.00. The molecule has 1 aliphatic heterocycles. The van der Waals surface area contributed by atoms with Crippen molar-refractivity contribution in [3.8, 4) is 0 Å². The monoisotopic (exact) mass is 448 g/mol. The van der Waals surface area contributed by atoms with E-state index >= 15 is 0 Å². The molecule has 6 nitrogen and oxygen atoms in total. The SMILES string of the molecule is CN(C)C1=CC2=C/C(=C3\CC[n+]4c3sc3ccccc34)CCC2CC1.[O-][Cl+3]([O-])([O-])[O-]. The first-order chi connectivity index (χ1) is 14.2.